The molecule has 0 unspecified atom stereocenters. The van der Waals surface area contributed by atoms with E-state index >= 15 is 0 Å². The van der Waals surface area contributed by atoms with E-state index in [4.69, 9.17) is 11.5 Å². The predicted octanol–water partition coefficient (Wildman–Crippen LogP) is 2.16. The summed E-state index contributed by atoms with van der Waals surface area (Å²) in [5.74, 6) is -2.09. The van der Waals surface area contributed by atoms with Crippen LogP contribution in [0.3, 0.4) is 0 Å². The Morgan fingerprint density at radius 1 is 1.14 bits per heavy atom. The molecular formula is C24H29N5O6S. The lowest BCUT2D eigenvalue weighted by Gasteiger charge is -2.21. The summed E-state index contributed by atoms with van der Waals surface area (Å²) in [4.78, 5) is 38.8. The summed E-state index contributed by atoms with van der Waals surface area (Å²) in [6, 6.07) is 11.5. The van der Waals surface area contributed by atoms with E-state index in [9.17, 15) is 29.9 Å². The number of aromatic nitrogens is 1. The van der Waals surface area contributed by atoms with Crippen molar-refractivity contribution in [2.45, 2.75) is 53.8 Å². The number of aliphatic hydroxyl groups excluding tert-OH is 1. The highest BCUT2D eigenvalue weighted by molar-refractivity contribution is 7.99. The number of nitro benzene ring substituents is 1. The fourth-order valence-electron chi connectivity index (χ4n) is 3.82. The number of benzene rings is 2. The third-order valence-electron chi connectivity index (χ3n) is 5.72. The van der Waals surface area contributed by atoms with Gasteiger partial charge in [-0.3, -0.25) is 14.9 Å². The molecule has 12 heteroatoms. The molecular weight excluding hydrogens is 486 g/mol. The first kappa shape index (κ1) is 27.1. The third-order valence-corrected chi connectivity index (χ3v) is 6.84. The van der Waals surface area contributed by atoms with Crippen LogP contribution in [0.2, 0.25) is 0 Å². The lowest BCUT2D eigenvalue weighted by atomic mass is 10.0. The normalized spacial score (nSPS) is 13.8. The molecule has 0 bridgehead atoms. The topological polar surface area (TPSA) is 198 Å². The zero-order chi connectivity index (χ0) is 26.2. The molecule has 1 heterocycles. The molecule has 0 spiro atoms. The molecule has 3 atom stereocenters. The van der Waals surface area contributed by atoms with Crippen molar-refractivity contribution in [1.29, 1.82) is 0 Å². The van der Waals surface area contributed by atoms with Crippen molar-refractivity contribution in [1.82, 2.24) is 10.3 Å². The van der Waals surface area contributed by atoms with Crippen LogP contribution in [-0.4, -0.2) is 56.7 Å². The zero-order valence-electron chi connectivity index (χ0n) is 19.4. The number of aliphatic carboxylic acids is 1. The van der Waals surface area contributed by atoms with Gasteiger partial charge >= 0.3 is 5.97 Å². The van der Waals surface area contributed by atoms with Gasteiger partial charge in [-0.2, -0.15) is 0 Å². The SMILES string of the molecule is NCCCC[C@@H](NC(=O)[C@@H](O)[C@@H](N)Cc1c(Sc2ccccc2[N+](=O)[O-])[nH]c2ccccc12)C(=O)O. The summed E-state index contributed by atoms with van der Waals surface area (Å²) in [6.45, 7) is 0.408. The van der Waals surface area contributed by atoms with E-state index in [-0.39, 0.29) is 18.5 Å². The molecule has 11 nitrogen and oxygen atoms in total. The van der Waals surface area contributed by atoms with Crippen molar-refractivity contribution in [2.75, 3.05) is 6.54 Å². The number of fused-ring (bicyclic) bond motifs is 1. The van der Waals surface area contributed by atoms with Gasteiger partial charge in [-0.05, 0) is 49.9 Å². The number of para-hydroxylation sites is 2. The number of nitrogens with one attached hydrogen (secondary N) is 2. The summed E-state index contributed by atoms with van der Waals surface area (Å²) in [7, 11) is 0. The molecule has 1 aromatic heterocycles. The fraction of sp³-hybridized carbons (Fsp3) is 0.333. The largest absolute Gasteiger partial charge is 0.480 e. The summed E-state index contributed by atoms with van der Waals surface area (Å²) < 4.78 is 0. The Kier molecular flexibility index (Phi) is 9.42. The van der Waals surface area contributed by atoms with Gasteiger partial charge in [0.2, 0.25) is 0 Å². The molecule has 192 valence electrons. The number of nitrogens with zero attached hydrogens (tertiary/aromatic N) is 1. The number of amides is 1. The number of carbonyl (C=O) groups is 2. The Bertz CT molecular complexity index is 1230. The highest BCUT2D eigenvalue weighted by atomic mass is 32.2. The molecule has 0 saturated heterocycles. The van der Waals surface area contributed by atoms with Crippen LogP contribution in [0.25, 0.3) is 10.9 Å². The highest BCUT2D eigenvalue weighted by Gasteiger charge is 2.29. The van der Waals surface area contributed by atoms with Crippen molar-refractivity contribution >= 4 is 40.2 Å². The van der Waals surface area contributed by atoms with E-state index in [2.05, 4.69) is 10.3 Å². The Morgan fingerprint density at radius 3 is 2.53 bits per heavy atom. The Hall–Kier alpha value is -3.45. The quantitative estimate of drug-likeness (QED) is 0.112. The molecule has 36 heavy (non-hydrogen) atoms. The monoisotopic (exact) mass is 515 g/mol. The molecule has 3 rings (SSSR count). The van der Waals surface area contributed by atoms with Crippen molar-refractivity contribution in [3.05, 3.63) is 64.2 Å². The average Bonchev–Trinajstić information content (AvgIpc) is 3.19. The number of rotatable bonds is 13. The molecule has 0 radical (unpaired) electrons. The number of hydrogen-bond acceptors (Lipinski definition) is 8. The van der Waals surface area contributed by atoms with E-state index in [1.54, 1.807) is 18.2 Å². The first-order chi connectivity index (χ1) is 17.2. The lowest BCUT2D eigenvalue weighted by Crippen LogP contribution is -2.52. The summed E-state index contributed by atoms with van der Waals surface area (Å²) >= 11 is 1.16. The number of carbonyl (C=O) groups excluding carboxylic acids is 1. The Balaban J connectivity index is 1.82. The van der Waals surface area contributed by atoms with Gasteiger partial charge in [-0.1, -0.05) is 42.1 Å². The maximum atomic E-state index is 12.6. The molecule has 8 N–H and O–H groups in total. The second-order valence-corrected chi connectivity index (χ2v) is 9.35. The number of nitrogens with two attached hydrogens (primary N) is 2. The molecule has 2 aromatic carbocycles. The predicted molar refractivity (Wildman–Crippen MR) is 136 cm³/mol. The van der Waals surface area contributed by atoms with Gasteiger partial charge in [0.25, 0.3) is 11.6 Å². The van der Waals surface area contributed by atoms with E-state index in [0.717, 1.165) is 22.7 Å². The van der Waals surface area contributed by atoms with Crippen LogP contribution in [-0.2, 0) is 16.0 Å². The number of hydrogen-bond donors (Lipinski definition) is 6. The minimum atomic E-state index is -1.67. The van der Waals surface area contributed by atoms with Crippen LogP contribution in [0.5, 0.6) is 0 Å². The van der Waals surface area contributed by atoms with Crippen LogP contribution in [0, 0.1) is 10.1 Å². The van der Waals surface area contributed by atoms with E-state index in [0.29, 0.717) is 34.9 Å². The van der Waals surface area contributed by atoms with Crippen molar-refractivity contribution in [3.8, 4) is 0 Å². The number of aromatic amines is 1. The van der Waals surface area contributed by atoms with Gasteiger partial charge in [-0.15, -0.1) is 0 Å². The minimum Gasteiger partial charge on any atom is -0.480 e. The number of nitro groups is 1. The number of unbranched alkanes of at least 4 members (excludes halogenated alkanes) is 1. The zero-order valence-corrected chi connectivity index (χ0v) is 20.2. The molecule has 0 aliphatic heterocycles. The first-order valence-electron chi connectivity index (χ1n) is 11.4. The number of H-pyrrole nitrogens is 1. The number of carboxylic acids is 1. The van der Waals surface area contributed by atoms with E-state index in [1.807, 2.05) is 24.3 Å². The van der Waals surface area contributed by atoms with Crippen molar-refractivity contribution in [3.63, 3.8) is 0 Å². The van der Waals surface area contributed by atoms with Crippen LogP contribution < -0.4 is 16.8 Å². The summed E-state index contributed by atoms with van der Waals surface area (Å²) in [6.07, 6.45) is -0.301. The van der Waals surface area contributed by atoms with E-state index in [1.165, 1.54) is 6.07 Å². The van der Waals surface area contributed by atoms with Gasteiger partial charge in [0.1, 0.15) is 12.1 Å². The molecule has 0 saturated carbocycles. The molecule has 0 fully saturated rings. The maximum absolute atomic E-state index is 12.6. The highest BCUT2D eigenvalue weighted by Crippen LogP contribution is 2.39. The van der Waals surface area contributed by atoms with Gasteiger partial charge in [0.05, 0.1) is 14.8 Å². The van der Waals surface area contributed by atoms with Crippen molar-refractivity contribution < 1.29 is 24.7 Å². The molecule has 0 aliphatic carbocycles. The van der Waals surface area contributed by atoms with Gasteiger partial charge < -0.3 is 32.0 Å². The molecule has 0 aliphatic rings. The number of carboxylic acid groups (broad SMARTS) is 1. The third kappa shape index (κ3) is 6.61. The Labute approximate surface area is 211 Å². The maximum Gasteiger partial charge on any atom is 0.326 e. The fourth-order valence-corrected chi connectivity index (χ4v) is 4.91. The molecule has 1 amide bonds. The van der Waals surface area contributed by atoms with Gasteiger partial charge in [0, 0.05) is 23.0 Å². The summed E-state index contributed by atoms with van der Waals surface area (Å²) in [5, 5.41) is 35.2. The van der Waals surface area contributed by atoms with Gasteiger partial charge in [-0.25, -0.2) is 4.79 Å². The average molecular weight is 516 g/mol. The lowest BCUT2D eigenvalue weighted by molar-refractivity contribution is -0.387. The first-order valence-corrected chi connectivity index (χ1v) is 12.2. The van der Waals surface area contributed by atoms with Crippen LogP contribution in [0.15, 0.2) is 58.5 Å². The minimum absolute atomic E-state index is 0.0508. The standard InChI is InChI=1S/C24H29N5O6S/c25-12-6-5-9-18(24(32)33)27-22(31)21(30)16(26)13-15-14-7-1-2-8-17(14)28-23(15)36-20-11-4-3-10-19(20)29(34)35/h1-4,7-8,10-11,16,18,21,28,30H,5-6,9,12-13,25-26H2,(H,27,31)(H,32,33)/t16-,18+,21-/m0/s1. The van der Waals surface area contributed by atoms with Gasteiger partial charge in [0.15, 0.2) is 0 Å². The second-order valence-electron chi connectivity index (χ2n) is 8.30. The number of aliphatic hydroxyl groups is 1. The second kappa shape index (κ2) is 12.5. The smallest absolute Gasteiger partial charge is 0.326 e. The summed E-state index contributed by atoms with van der Waals surface area (Å²) in [5.41, 5.74) is 13.1. The molecule has 3 aromatic rings. The van der Waals surface area contributed by atoms with Crippen LogP contribution in [0.1, 0.15) is 24.8 Å². The van der Waals surface area contributed by atoms with Crippen molar-refractivity contribution in [2.24, 2.45) is 11.5 Å². The van der Waals surface area contributed by atoms with Crippen LogP contribution in [0.4, 0.5) is 5.69 Å². The Morgan fingerprint density at radius 2 is 1.83 bits per heavy atom. The van der Waals surface area contributed by atoms with E-state index < -0.39 is 35.0 Å². The van der Waals surface area contributed by atoms with Crippen LogP contribution >= 0.6 is 11.8 Å².